The maximum atomic E-state index is 14.0. The van der Waals surface area contributed by atoms with E-state index in [0.29, 0.717) is 29.4 Å². The van der Waals surface area contributed by atoms with Gasteiger partial charge in [0.25, 0.3) is 0 Å². The van der Waals surface area contributed by atoms with Crippen molar-refractivity contribution in [3.05, 3.63) is 78.1 Å². The lowest BCUT2D eigenvalue weighted by Gasteiger charge is -2.28. The van der Waals surface area contributed by atoms with E-state index in [0.717, 1.165) is 15.8 Å². The van der Waals surface area contributed by atoms with Crippen LogP contribution in [0.3, 0.4) is 0 Å². The molecule has 2 aromatic carbocycles. The number of hydrogen-bond donors (Lipinski definition) is 0. The van der Waals surface area contributed by atoms with Crippen LogP contribution in [0.2, 0.25) is 0 Å². The minimum atomic E-state index is -3.88. The van der Waals surface area contributed by atoms with Crippen molar-refractivity contribution >= 4 is 42.6 Å². The van der Waals surface area contributed by atoms with Crippen molar-refractivity contribution in [2.75, 3.05) is 18.6 Å². The van der Waals surface area contributed by atoms with Gasteiger partial charge in [0.1, 0.15) is 11.8 Å². The Kier molecular flexibility index (Phi) is 6.74. The molecule has 1 unspecified atom stereocenters. The molecule has 36 heavy (non-hydrogen) atoms. The number of para-hydroxylation sites is 1. The summed E-state index contributed by atoms with van der Waals surface area (Å²) in [6.45, 7) is 2.46. The zero-order chi connectivity index (χ0) is 25.3. The number of carbonyl (C=O) groups excluding carboxylic acids is 1. The molecule has 0 saturated carbocycles. The maximum absolute atomic E-state index is 14.0. The van der Waals surface area contributed by atoms with E-state index in [9.17, 15) is 13.2 Å². The van der Waals surface area contributed by atoms with Gasteiger partial charge in [-0.25, -0.2) is 13.4 Å². The Balaban J connectivity index is 1.51. The molecule has 2 aromatic heterocycles. The molecule has 0 N–H and O–H groups in total. The highest BCUT2D eigenvalue weighted by Crippen LogP contribution is 2.34. The Morgan fingerprint density at radius 3 is 2.64 bits per heavy atom. The Morgan fingerprint density at radius 2 is 1.94 bits per heavy atom. The lowest BCUT2D eigenvalue weighted by molar-refractivity contribution is -0.121. The lowest BCUT2D eigenvalue weighted by atomic mass is 10.2. The SMILES string of the molecule is COc1ccc(S(=O)(=O)N2CCCC2C(=O)N(Cc2ccccn2)c2nc3c(C)cccc3s2)cc1. The monoisotopic (exact) mass is 522 g/mol. The van der Waals surface area contributed by atoms with Crippen LogP contribution in [-0.4, -0.2) is 48.3 Å². The van der Waals surface area contributed by atoms with Crippen LogP contribution in [0.25, 0.3) is 10.2 Å². The second-order valence-corrected chi connectivity index (χ2v) is 11.5. The van der Waals surface area contributed by atoms with Gasteiger partial charge in [0, 0.05) is 12.7 Å². The molecule has 0 spiro atoms. The number of amides is 1. The molecule has 10 heteroatoms. The van der Waals surface area contributed by atoms with Gasteiger partial charge in [0.05, 0.1) is 34.5 Å². The van der Waals surface area contributed by atoms with E-state index in [1.165, 1.54) is 34.9 Å². The summed E-state index contributed by atoms with van der Waals surface area (Å²) in [5.74, 6) is 0.266. The Labute approximate surface area is 214 Å². The van der Waals surface area contributed by atoms with Gasteiger partial charge in [0.15, 0.2) is 5.13 Å². The van der Waals surface area contributed by atoms with Crippen LogP contribution < -0.4 is 9.64 Å². The number of carbonyl (C=O) groups is 1. The van der Waals surface area contributed by atoms with E-state index in [4.69, 9.17) is 9.72 Å². The Hall–Kier alpha value is -3.34. The number of nitrogens with zero attached hydrogens (tertiary/aromatic N) is 4. The van der Waals surface area contributed by atoms with E-state index < -0.39 is 16.1 Å². The van der Waals surface area contributed by atoms with Crippen molar-refractivity contribution in [1.29, 1.82) is 0 Å². The molecule has 3 heterocycles. The Bertz CT molecular complexity index is 1490. The molecule has 1 aliphatic heterocycles. The number of methoxy groups -OCH3 is 1. The summed E-state index contributed by atoms with van der Waals surface area (Å²) in [5, 5.41) is 0.531. The number of fused-ring (bicyclic) bond motifs is 1. The zero-order valence-corrected chi connectivity index (χ0v) is 21.6. The van der Waals surface area contributed by atoms with Gasteiger partial charge in [-0.05, 0) is 67.8 Å². The highest BCUT2D eigenvalue weighted by Gasteiger charge is 2.42. The molecule has 4 aromatic rings. The number of pyridine rings is 1. The second-order valence-electron chi connectivity index (χ2n) is 8.61. The van der Waals surface area contributed by atoms with Crippen molar-refractivity contribution in [1.82, 2.24) is 14.3 Å². The summed E-state index contributed by atoms with van der Waals surface area (Å²) in [7, 11) is -2.35. The molecular weight excluding hydrogens is 496 g/mol. The lowest BCUT2D eigenvalue weighted by Crippen LogP contribution is -2.47. The van der Waals surface area contributed by atoms with Crippen LogP contribution >= 0.6 is 11.3 Å². The van der Waals surface area contributed by atoms with E-state index >= 15 is 0 Å². The molecule has 1 atom stereocenters. The van der Waals surface area contributed by atoms with Crippen molar-refractivity contribution in [2.45, 2.75) is 37.2 Å². The third kappa shape index (κ3) is 4.59. The average Bonchev–Trinajstić information content (AvgIpc) is 3.56. The molecule has 1 fully saturated rings. The van der Waals surface area contributed by atoms with E-state index in [2.05, 4.69) is 4.98 Å². The molecule has 5 rings (SSSR count). The standard InChI is InChI=1S/C26H26N4O4S2/c1-18-7-5-10-23-24(18)28-26(35-23)29(17-19-8-3-4-15-27-19)25(31)22-9-6-16-30(22)36(32,33)21-13-11-20(34-2)12-14-21/h3-5,7-8,10-15,22H,6,9,16-17H2,1-2H3. The predicted molar refractivity (Wildman–Crippen MR) is 140 cm³/mol. The largest absolute Gasteiger partial charge is 0.497 e. The van der Waals surface area contributed by atoms with Crippen LogP contribution in [0.1, 0.15) is 24.1 Å². The third-order valence-corrected chi connectivity index (χ3v) is 9.27. The number of benzene rings is 2. The van der Waals surface area contributed by atoms with Gasteiger partial charge < -0.3 is 4.74 Å². The maximum Gasteiger partial charge on any atom is 0.247 e. The molecule has 0 aliphatic carbocycles. The van der Waals surface area contributed by atoms with E-state index in [1.54, 1.807) is 23.2 Å². The molecule has 0 radical (unpaired) electrons. The molecule has 0 bridgehead atoms. The van der Waals surface area contributed by atoms with Crippen molar-refractivity contribution in [3.8, 4) is 5.75 Å². The second kappa shape index (κ2) is 9.96. The van der Waals surface area contributed by atoms with Crippen molar-refractivity contribution in [2.24, 2.45) is 0 Å². The first-order chi connectivity index (χ1) is 17.4. The van der Waals surface area contributed by atoms with Gasteiger partial charge in [0.2, 0.25) is 15.9 Å². The molecule has 1 saturated heterocycles. The van der Waals surface area contributed by atoms with E-state index in [-0.39, 0.29) is 23.9 Å². The minimum absolute atomic E-state index is 0.134. The van der Waals surface area contributed by atoms with E-state index in [1.807, 2.05) is 43.3 Å². The van der Waals surface area contributed by atoms with Crippen LogP contribution in [0, 0.1) is 6.92 Å². The van der Waals surface area contributed by atoms with Gasteiger partial charge in [-0.2, -0.15) is 4.31 Å². The van der Waals surface area contributed by atoms with Crippen molar-refractivity contribution < 1.29 is 17.9 Å². The summed E-state index contributed by atoms with van der Waals surface area (Å²) in [6.07, 6.45) is 2.72. The summed E-state index contributed by atoms with van der Waals surface area (Å²) in [5.41, 5.74) is 2.56. The van der Waals surface area contributed by atoms with Crippen molar-refractivity contribution in [3.63, 3.8) is 0 Å². The fourth-order valence-electron chi connectivity index (χ4n) is 4.42. The van der Waals surface area contributed by atoms with Crippen LogP contribution in [0.4, 0.5) is 5.13 Å². The number of thiazole rings is 1. The summed E-state index contributed by atoms with van der Waals surface area (Å²) in [6, 6.07) is 16.9. The zero-order valence-electron chi connectivity index (χ0n) is 20.0. The number of rotatable bonds is 7. The molecule has 1 aliphatic rings. The molecule has 1 amide bonds. The number of sulfonamides is 1. The first-order valence-corrected chi connectivity index (χ1v) is 13.9. The molecule has 8 nitrogen and oxygen atoms in total. The number of anilines is 1. The number of ether oxygens (including phenoxy) is 1. The summed E-state index contributed by atoms with van der Waals surface area (Å²) in [4.78, 5) is 24.9. The predicted octanol–water partition coefficient (Wildman–Crippen LogP) is 4.39. The fraction of sp³-hybridized carbons (Fsp3) is 0.269. The Morgan fingerprint density at radius 1 is 1.14 bits per heavy atom. The summed E-state index contributed by atoms with van der Waals surface area (Å²) < 4.78 is 34.5. The van der Waals surface area contributed by atoms with Gasteiger partial charge >= 0.3 is 0 Å². The van der Waals surface area contributed by atoms with Crippen LogP contribution in [0.15, 0.2) is 71.8 Å². The summed E-state index contributed by atoms with van der Waals surface area (Å²) >= 11 is 1.42. The third-order valence-electron chi connectivity index (χ3n) is 6.31. The molecule has 186 valence electrons. The van der Waals surface area contributed by atoms with Gasteiger partial charge in [-0.3, -0.25) is 14.7 Å². The average molecular weight is 523 g/mol. The quantitative estimate of drug-likeness (QED) is 0.357. The smallest absolute Gasteiger partial charge is 0.247 e. The highest BCUT2D eigenvalue weighted by molar-refractivity contribution is 7.89. The van der Waals surface area contributed by atoms with Crippen LogP contribution in [-0.2, 0) is 21.4 Å². The normalized spacial score (nSPS) is 16.3. The molecular formula is C26H26N4O4S2. The first-order valence-electron chi connectivity index (χ1n) is 11.6. The minimum Gasteiger partial charge on any atom is -0.497 e. The van der Waals surface area contributed by atoms with Gasteiger partial charge in [-0.15, -0.1) is 0 Å². The topological polar surface area (TPSA) is 92.7 Å². The number of hydrogen-bond acceptors (Lipinski definition) is 7. The number of aromatic nitrogens is 2. The fourth-order valence-corrected chi connectivity index (χ4v) is 7.12. The van der Waals surface area contributed by atoms with Gasteiger partial charge in [-0.1, -0.05) is 29.5 Å². The van der Waals surface area contributed by atoms with Crippen LogP contribution in [0.5, 0.6) is 5.75 Å². The first kappa shape index (κ1) is 24.4. The number of aryl methyl sites for hydroxylation is 1. The highest BCUT2D eigenvalue weighted by atomic mass is 32.2.